The van der Waals surface area contributed by atoms with E-state index >= 15 is 0 Å². The van der Waals surface area contributed by atoms with Crippen molar-refractivity contribution >= 4 is 21.9 Å². The number of hydrogen-bond acceptors (Lipinski definition) is 8. The molecule has 0 unspecified atom stereocenters. The van der Waals surface area contributed by atoms with Crippen LogP contribution >= 0.6 is 0 Å². The lowest BCUT2D eigenvalue weighted by Crippen LogP contribution is -2.41. The zero-order chi connectivity index (χ0) is 21.1. The van der Waals surface area contributed by atoms with Crippen LogP contribution in [0.5, 0.6) is 5.75 Å². The normalized spacial score (nSPS) is 20.9. The van der Waals surface area contributed by atoms with Crippen molar-refractivity contribution in [3.63, 3.8) is 0 Å². The Morgan fingerprint density at radius 2 is 1.90 bits per heavy atom. The molecule has 2 fully saturated rings. The maximum absolute atomic E-state index is 12.8. The Kier molecular flexibility index (Phi) is 6.02. The maximum Gasteiger partial charge on any atom is 0.322 e. The molecule has 2 aliphatic heterocycles. The second-order valence-electron chi connectivity index (χ2n) is 7.29. The van der Waals surface area contributed by atoms with Gasteiger partial charge >= 0.3 is 6.01 Å². The largest absolute Gasteiger partial charge is 0.497 e. The van der Waals surface area contributed by atoms with Crippen LogP contribution < -0.4 is 10.1 Å². The number of sulfonamides is 1. The molecule has 1 amide bonds. The van der Waals surface area contributed by atoms with Crippen LogP contribution in [0.1, 0.15) is 37.7 Å². The number of carbonyl (C=O) groups excluding carboxylic acids is 1. The van der Waals surface area contributed by atoms with Gasteiger partial charge in [0, 0.05) is 25.6 Å². The standard InChI is InChI=1S/C19H24N4O6S/c1-27-14-4-6-15(7-5-14)30(25,26)23-10-8-13(9-11-23)17(24)20-19-22-21-18(29-19)16-3-2-12-28-16/h4-7,13,16H,2-3,8-12H2,1H3,(H,20,22,24)/t16-/m1/s1. The van der Waals surface area contributed by atoms with E-state index in [0.717, 1.165) is 12.8 Å². The lowest BCUT2D eigenvalue weighted by molar-refractivity contribution is -0.121. The SMILES string of the molecule is COc1ccc(S(=O)(=O)N2CCC(C(=O)Nc3nnc([C@H]4CCCO4)o3)CC2)cc1. The molecule has 1 aromatic heterocycles. The summed E-state index contributed by atoms with van der Waals surface area (Å²) in [5.74, 6) is 0.376. The van der Waals surface area contributed by atoms with Gasteiger partial charge < -0.3 is 13.9 Å². The van der Waals surface area contributed by atoms with Crippen molar-refractivity contribution < 1.29 is 27.1 Å². The first-order valence-corrected chi connectivity index (χ1v) is 11.3. The average molecular weight is 436 g/mol. The van der Waals surface area contributed by atoms with Gasteiger partial charge in [-0.3, -0.25) is 10.1 Å². The number of anilines is 1. The molecule has 3 heterocycles. The van der Waals surface area contributed by atoms with Crippen LogP contribution in [0.15, 0.2) is 33.6 Å². The number of hydrogen-bond donors (Lipinski definition) is 1. The number of amides is 1. The van der Waals surface area contributed by atoms with Crippen LogP contribution in [0.25, 0.3) is 0 Å². The quantitative estimate of drug-likeness (QED) is 0.729. The molecule has 162 valence electrons. The smallest absolute Gasteiger partial charge is 0.322 e. The Hall–Kier alpha value is -2.50. The molecule has 4 rings (SSSR count). The third kappa shape index (κ3) is 4.32. The number of carbonyl (C=O) groups is 1. The first-order chi connectivity index (χ1) is 14.5. The van der Waals surface area contributed by atoms with Gasteiger partial charge in [0.2, 0.25) is 21.8 Å². The van der Waals surface area contributed by atoms with Gasteiger partial charge in [-0.15, -0.1) is 5.10 Å². The summed E-state index contributed by atoms with van der Waals surface area (Å²) in [7, 11) is -2.09. The van der Waals surface area contributed by atoms with Crippen LogP contribution in [-0.4, -0.2) is 55.6 Å². The van der Waals surface area contributed by atoms with Crippen LogP contribution in [-0.2, 0) is 19.6 Å². The molecule has 1 N–H and O–H groups in total. The Balaban J connectivity index is 1.32. The van der Waals surface area contributed by atoms with E-state index in [1.54, 1.807) is 12.1 Å². The van der Waals surface area contributed by atoms with Crippen LogP contribution in [0.4, 0.5) is 6.01 Å². The summed E-state index contributed by atoms with van der Waals surface area (Å²) in [6, 6.07) is 6.31. The number of nitrogens with one attached hydrogen (secondary N) is 1. The van der Waals surface area contributed by atoms with Crippen molar-refractivity contribution in [3.8, 4) is 5.75 Å². The molecule has 2 aromatic rings. The number of rotatable bonds is 6. The zero-order valence-corrected chi connectivity index (χ0v) is 17.4. The fourth-order valence-electron chi connectivity index (χ4n) is 3.65. The molecule has 30 heavy (non-hydrogen) atoms. The molecule has 2 aliphatic rings. The van der Waals surface area contributed by atoms with E-state index in [9.17, 15) is 13.2 Å². The fourth-order valence-corrected chi connectivity index (χ4v) is 5.12. The number of methoxy groups -OCH3 is 1. The summed E-state index contributed by atoms with van der Waals surface area (Å²) in [5, 5.41) is 10.4. The second-order valence-corrected chi connectivity index (χ2v) is 9.23. The van der Waals surface area contributed by atoms with E-state index in [1.165, 1.54) is 23.5 Å². The molecule has 0 bridgehead atoms. The summed E-state index contributed by atoms with van der Waals surface area (Å²) in [4.78, 5) is 12.8. The molecule has 10 nitrogen and oxygen atoms in total. The molecule has 0 radical (unpaired) electrons. The second kappa shape index (κ2) is 8.70. The number of aromatic nitrogens is 2. The summed E-state index contributed by atoms with van der Waals surface area (Å²) < 4.78 is 43.1. The molecular formula is C19H24N4O6S. The van der Waals surface area contributed by atoms with E-state index in [-0.39, 0.29) is 41.9 Å². The minimum Gasteiger partial charge on any atom is -0.497 e. The molecule has 0 spiro atoms. The number of benzene rings is 1. The Morgan fingerprint density at radius 3 is 2.53 bits per heavy atom. The van der Waals surface area contributed by atoms with Gasteiger partial charge in [0.05, 0.1) is 12.0 Å². The first-order valence-electron chi connectivity index (χ1n) is 9.87. The lowest BCUT2D eigenvalue weighted by Gasteiger charge is -2.30. The molecule has 11 heteroatoms. The van der Waals surface area contributed by atoms with E-state index in [2.05, 4.69) is 15.5 Å². The fraction of sp³-hybridized carbons (Fsp3) is 0.526. The van der Waals surface area contributed by atoms with Crippen molar-refractivity contribution in [1.82, 2.24) is 14.5 Å². The highest BCUT2D eigenvalue weighted by atomic mass is 32.2. The molecule has 1 aromatic carbocycles. The lowest BCUT2D eigenvalue weighted by atomic mass is 9.97. The van der Waals surface area contributed by atoms with Gasteiger partial charge in [-0.1, -0.05) is 5.10 Å². The van der Waals surface area contributed by atoms with E-state index < -0.39 is 10.0 Å². The predicted octanol–water partition coefficient (Wildman–Crippen LogP) is 1.97. The number of nitrogens with zero attached hydrogens (tertiary/aromatic N) is 3. The van der Waals surface area contributed by atoms with Crippen LogP contribution in [0.2, 0.25) is 0 Å². The first kappa shape index (κ1) is 20.8. The minimum absolute atomic E-state index is 0.0405. The van der Waals surface area contributed by atoms with E-state index in [1.807, 2.05) is 0 Å². The molecule has 0 saturated carbocycles. The van der Waals surface area contributed by atoms with Gasteiger partial charge in [0.1, 0.15) is 11.9 Å². The van der Waals surface area contributed by atoms with Crippen molar-refractivity contribution in [2.45, 2.75) is 36.7 Å². The van der Waals surface area contributed by atoms with Gasteiger partial charge in [-0.05, 0) is 49.9 Å². The highest BCUT2D eigenvalue weighted by Gasteiger charge is 2.33. The highest BCUT2D eigenvalue weighted by molar-refractivity contribution is 7.89. The summed E-state index contributed by atoms with van der Waals surface area (Å²) >= 11 is 0. The Morgan fingerprint density at radius 1 is 1.17 bits per heavy atom. The Labute approximate surface area is 174 Å². The van der Waals surface area contributed by atoms with Gasteiger partial charge in [0.15, 0.2) is 0 Å². The molecular weight excluding hydrogens is 412 g/mol. The molecule has 1 atom stereocenters. The average Bonchev–Trinajstić information content (AvgIpc) is 3.46. The van der Waals surface area contributed by atoms with Gasteiger partial charge in [0.25, 0.3) is 0 Å². The topological polar surface area (TPSA) is 124 Å². The Bertz CT molecular complexity index is 977. The summed E-state index contributed by atoms with van der Waals surface area (Å²) in [6.45, 7) is 1.18. The molecule has 2 saturated heterocycles. The minimum atomic E-state index is -3.61. The highest BCUT2D eigenvalue weighted by Crippen LogP contribution is 2.29. The summed E-state index contributed by atoms with van der Waals surface area (Å²) in [6.07, 6.45) is 2.36. The monoisotopic (exact) mass is 436 g/mol. The van der Waals surface area contributed by atoms with Gasteiger partial charge in [-0.25, -0.2) is 8.42 Å². The van der Waals surface area contributed by atoms with Crippen LogP contribution in [0, 0.1) is 5.92 Å². The number of piperidine rings is 1. The zero-order valence-electron chi connectivity index (χ0n) is 16.6. The van der Waals surface area contributed by atoms with Crippen molar-refractivity contribution in [3.05, 3.63) is 30.2 Å². The van der Waals surface area contributed by atoms with Crippen molar-refractivity contribution in [1.29, 1.82) is 0 Å². The van der Waals surface area contributed by atoms with E-state index in [0.29, 0.717) is 31.1 Å². The number of ether oxygens (including phenoxy) is 2. The van der Waals surface area contributed by atoms with E-state index in [4.69, 9.17) is 13.9 Å². The van der Waals surface area contributed by atoms with Gasteiger partial charge in [-0.2, -0.15) is 4.31 Å². The summed E-state index contributed by atoms with van der Waals surface area (Å²) in [5.41, 5.74) is 0. The van der Waals surface area contributed by atoms with Crippen molar-refractivity contribution in [2.24, 2.45) is 5.92 Å². The third-order valence-electron chi connectivity index (χ3n) is 5.40. The predicted molar refractivity (Wildman–Crippen MR) is 105 cm³/mol. The third-order valence-corrected chi connectivity index (χ3v) is 7.31. The van der Waals surface area contributed by atoms with Crippen molar-refractivity contribution in [2.75, 3.05) is 32.1 Å². The molecule has 0 aliphatic carbocycles. The van der Waals surface area contributed by atoms with Crippen LogP contribution in [0.3, 0.4) is 0 Å². The maximum atomic E-state index is 12.8.